The molecule has 0 bridgehead atoms. The van der Waals surface area contributed by atoms with Gasteiger partial charge in [-0.15, -0.1) is 0 Å². The first-order chi connectivity index (χ1) is 17.3. The molecule has 4 heteroatoms. The van der Waals surface area contributed by atoms with Crippen LogP contribution in [0.15, 0.2) is 66.9 Å². The average molecular weight is 484 g/mol. The number of pyridine rings is 1. The number of halogens is 1. The normalized spacial score (nSPS) is 17.6. The molecule has 3 aromatic rings. The van der Waals surface area contributed by atoms with Crippen molar-refractivity contribution in [3.05, 3.63) is 88.7 Å². The van der Waals surface area contributed by atoms with Crippen LogP contribution in [0.2, 0.25) is 5.02 Å². The van der Waals surface area contributed by atoms with Crippen molar-refractivity contribution < 1.29 is 0 Å². The molecule has 3 heterocycles. The lowest BCUT2D eigenvalue weighted by atomic mass is 10.0. The molecule has 2 aromatic carbocycles. The summed E-state index contributed by atoms with van der Waals surface area (Å²) in [5, 5.41) is 0.743. The number of aromatic nitrogens is 1. The molecule has 180 valence electrons. The van der Waals surface area contributed by atoms with Gasteiger partial charge in [-0.1, -0.05) is 66.4 Å². The monoisotopic (exact) mass is 483 g/mol. The quantitative estimate of drug-likeness (QED) is 0.353. The van der Waals surface area contributed by atoms with Crippen LogP contribution in [0.5, 0.6) is 0 Å². The summed E-state index contributed by atoms with van der Waals surface area (Å²) in [6, 6.07) is 21.2. The molecular weight excluding hydrogens is 450 g/mol. The van der Waals surface area contributed by atoms with E-state index < -0.39 is 0 Å². The van der Waals surface area contributed by atoms with E-state index in [0.29, 0.717) is 6.17 Å². The molecule has 3 nitrogen and oxygen atoms in total. The van der Waals surface area contributed by atoms with Gasteiger partial charge in [0.1, 0.15) is 5.69 Å². The van der Waals surface area contributed by atoms with Crippen molar-refractivity contribution in [1.82, 2.24) is 14.8 Å². The summed E-state index contributed by atoms with van der Waals surface area (Å²) >= 11 is 5.98. The molecule has 0 radical (unpaired) electrons. The number of piperidine rings is 1. The Bertz CT molecular complexity index is 1130. The van der Waals surface area contributed by atoms with Gasteiger partial charge in [-0.2, -0.15) is 0 Å². The highest BCUT2D eigenvalue weighted by Gasteiger charge is 2.29. The highest BCUT2D eigenvalue weighted by atomic mass is 35.5. The van der Waals surface area contributed by atoms with Gasteiger partial charge in [0.2, 0.25) is 0 Å². The third-order valence-corrected chi connectivity index (χ3v) is 7.45. The molecule has 2 saturated heterocycles. The first-order valence-electron chi connectivity index (χ1n) is 13.0. The van der Waals surface area contributed by atoms with Crippen LogP contribution >= 0.6 is 11.6 Å². The number of hydrogen-bond acceptors (Lipinski definition) is 3. The molecule has 35 heavy (non-hydrogen) atoms. The van der Waals surface area contributed by atoms with Crippen LogP contribution in [0.1, 0.15) is 61.5 Å². The van der Waals surface area contributed by atoms with Gasteiger partial charge in [0.25, 0.3) is 0 Å². The van der Waals surface area contributed by atoms with Gasteiger partial charge in [0.05, 0.1) is 6.17 Å². The molecule has 0 amide bonds. The van der Waals surface area contributed by atoms with Crippen molar-refractivity contribution in [2.75, 3.05) is 26.2 Å². The minimum Gasteiger partial charge on any atom is -0.284 e. The third-order valence-electron chi connectivity index (χ3n) is 7.20. The SMILES string of the molecule is Clc1ccc(-c2ccc(C#CCCc3ccc(C(N4CCCCC4)N4CCCC4)cc3)nc2)cc1. The molecule has 0 aliphatic carbocycles. The Kier molecular flexibility index (Phi) is 8.16. The third kappa shape index (κ3) is 6.33. The molecule has 1 aromatic heterocycles. The second-order valence-corrected chi connectivity index (χ2v) is 10.1. The van der Waals surface area contributed by atoms with E-state index in [9.17, 15) is 0 Å². The van der Waals surface area contributed by atoms with E-state index in [1.54, 1.807) is 0 Å². The number of benzene rings is 2. The molecule has 0 saturated carbocycles. The lowest BCUT2D eigenvalue weighted by molar-refractivity contribution is 0.0431. The summed E-state index contributed by atoms with van der Waals surface area (Å²) < 4.78 is 0. The number of hydrogen-bond donors (Lipinski definition) is 0. The number of rotatable bonds is 6. The molecule has 0 N–H and O–H groups in total. The maximum atomic E-state index is 5.98. The Morgan fingerprint density at radius 3 is 2.00 bits per heavy atom. The summed E-state index contributed by atoms with van der Waals surface area (Å²) in [4.78, 5) is 9.92. The van der Waals surface area contributed by atoms with Crippen molar-refractivity contribution in [1.29, 1.82) is 0 Å². The average Bonchev–Trinajstić information content (AvgIpc) is 3.44. The zero-order chi connectivity index (χ0) is 23.9. The molecule has 2 aliphatic heterocycles. The smallest absolute Gasteiger partial charge is 0.113 e. The Labute approximate surface area is 215 Å². The maximum Gasteiger partial charge on any atom is 0.113 e. The van der Waals surface area contributed by atoms with Crippen LogP contribution in [-0.4, -0.2) is 41.0 Å². The van der Waals surface area contributed by atoms with E-state index in [-0.39, 0.29) is 0 Å². The van der Waals surface area contributed by atoms with Gasteiger partial charge < -0.3 is 0 Å². The molecule has 2 fully saturated rings. The van der Waals surface area contributed by atoms with E-state index in [1.807, 2.05) is 36.5 Å². The summed E-state index contributed by atoms with van der Waals surface area (Å²) in [6.45, 7) is 4.92. The van der Waals surface area contributed by atoms with E-state index in [1.165, 1.54) is 69.4 Å². The molecule has 5 rings (SSSR count). The fourth-order valence-corrected chi connectivity index (χ4v) is 5.42. The highest BCUT2D eigenvalue weighted by Crippen LogP contribution is 2.31. The zero-order valence-electron chi connectivity index (χ0n) is 20.4. The Morgan fingerprint density at radius 2 is 1.37 bits per heavy atom. The molecular formula is C31H34ClN3. The second kappa shape index (κ2) is 11.9. The number of aryl methyl sites for hydroxylation is 1. The fraction of sp³-hybridized carbons (Fsp3) is 0.387. The van der Waals surface area contributed by atoms with Crippen LogP contribution in [0, 0.1) is 11.8 Å². The largest absolute Gasteiger partial charge is 0.284 e. The van der Waals surface area contributed by atoms with Crippen molar-refractivity contribution in [3.63, 3.8) is 0 Å². The molecule has 0 spiro atoms. The summed E-state index contributed by atoms with van der Waals surface area (Å²) in [7, 11) is 0. The van der Waals surface area contributed by atoms with Crippen molar-refractivity contribution in [2.45, 2.75) is 51.1 Å². The summed E-state index contributed by atoms with van der Waals surface area (Å²) in [5.41, 5.74) is 5.80. The Balaban J connectivity index is 1.18. The van der Waals surface area contributed by atoms with Crippen molar-refractivity contribution >= 4 is 11.6 Å². The van der Waals surface area contributed by atoms with Gasteiger partial charge in [-0.25, -0.2) is 4.98 Å². The number of likely N-dealkylation sites (tertiary alicyclic amines) is 2. The van der Waals surface area contributed by atoms with Crippen LogP contribution in [0.25, 0.3) is 11.1 Å². The van der Waals surface area contributed by atoms with Crippen molar-refractivity contribution in [2.24, 2.45) is 0 Å². The lowest BCUT2D eigenvalue weighted by Gasteiger charge is -2.40. The van der Waals surface area contributed by atoms with Crippen LogP contribution in [0.3, 0.4) is 0 Å². The Morgan fingerprint density at radius 1 is 0.743 bits per heavy atom. The molecule has 1 unspecified atom stereocenters. The van der Waals surface area contributed by atoms with E-state index in [0.717, 1.165) is 34.7 Å². The van der Waals surface area contributed by atoms with E-state index in [2.05, 4.69) is 57.0 Å². The standard InChI is InChI=1S/C31H34ClN3/c32-29-17-14-26(15-18-29)28-16-19-30(33-24-28)9-3-2-8-25-10-12-27(13-11-25)31(35-22-6-7-23-35)34-20-4-1-5-21-34/h10-19,24,31H,1-2,4-8,20-23H2. The Hall–Kier alpha value is -2.64. The summed E-state index contributed by atoms with van der Waals surface area (Å²) in [6.07, 6.45) is 10.8. The van der Waals surface area contributed by atoms with Gasteiger partial charge in [-0.3, -0.25) is 9.80 Å². The van der Waals surface area contributed by atoms with Gasteiger partial charge in [-0.05, 0) is 99.1 Å². The topological polar surface area (TPSA) is 19.4 Å². The fourth-order valence-electron chi connectivity index (χ4n) is 5.30. The first kappa shape index (κ1) is 24.1. The van der Waals surface area contributed by atoms with Crippen LogP contribution in [-0.2, 0) is 6.42 Å². The van der Waals surface area contributed by atoms with E-state index in [4.69, 9.17) is 11.6 Å². The minimum absolute atomic E-state index is 0.452. The highest BCUT2D eigenvalue weighted by molar-refractivity contribution is 6.30. The number of nitrogens with zero attached hydrogens (tertiary/aromatic N) is 3. The second-order valence-electron chi connectivity index (χ2n) is 9.70. The maximum absolute atomic E-state index is 5.98. The minimum atomic E-state index is 0.452. The molecule has 1 atom stereocenters. The first-order valence-corrected chi connectivity index (χ1v) is 13.4. The van der Waals surface area contributed by atoms with E-state index >= 15 is 0 Å². The van der Waals surface area contributed by atoms with Gasteiger partial charge >= 0.3 is 0 Å². The van der Waals surface area contributed by atoms with Crippen LogP contribution < -0.4 is 0 Å². The predicted octanol–water partition coefficient (Wildman–Crippen LogP) is 6.97. The van der Waals surface area contributed by atoms with Gasteiger partial charge in [0, 0.05) is 23.2 Å². The van der Waals surface area contributed by atoms with Crippen LogP contribution in [0.4, 0.5) is 0 Å². The molecule has 2 aliphatic rings. The lowest BCUT2D eigenvalue weighted by Crippen LogP contribution is -2.42. The van der Waals surface area contributed by atoms with Gasteiger partial charge in [0.15, 0.2) is 0 Å². The zero-order valence-corrected chi connectivity index (χ0v) is 21.2. The van der Waals surface area contributed by atoms with Crippen molar-refractivity contribution in [3.8, 4) is 23.0 Å². The summed E-state index contributed by atoms with van der Waals surface area (Å²) in [5.74, 6) is 6.52. The predicted molar refractivity (Wildman–Crippen MR) is 145 cm³/mol.